The van der Waals surface area contributed by atoms with E-state index in [9.17, 15) is 38.4 Å². The van der Waals surface area contributed by atoms with Crippen molar-refractivity contribution in [3.8, 4) is 0 Å². The fraction of sp³-hybridized carbons (Fsp3) is 0.442. The Bertz CT molecular complexity index is 2720. The van der Waals surface area contributed by atoms with Gasteiger partial charge < -0.3 is 36.5 Å². The van der Waals surface area contributed by atoms with Gasteiger partial charge in [0.1, 0.15) is 46.4 Å². The van der Waals surface area contributed by atoms with Crippen molar-refractivity contribution < 1.29 is 47.8 Å². The normalized spacial score (nSPS) is 16.2. The fourth-order valence-electron chi connectivity index (χ4n) is 8.51. The molecule has 1 fully saturated rings. The monoisotopic (exact) mass is 1040 g/mol. The van der Waals surface area contributed by atoms with Crippen molar-refractivity contribution in [3.63, 3.8) is 0 Å². The van der Waals surface area contributed by atoms with Crippen LogP contribution in [0.4, 0.5) is 26.0 Å². The third-order valence-corrected chi connectivity index (χ3v) is 13.9. The number of nitrogens with zero attached hydrogens (tertiary/aromatic N) is 3. The number of benzene rings is 2. The molecule has 3 aromatic rings. The number of fused-ring (bicyclic) bond motifs is 1. The number of primary amides is 1. The number of imide groups is 1. The van der Waals surface area contributed by atoms with E-state index in [1.807, 2.05) is 13.8 Å². The number of amides is 8. The molecular formula is C52H65N11O10S. The van der Waals surface area contributed by atoms with Crippen molar-refractivity contribution in [2.75, 3.05) is 35.2 Å². The first kappa shape index (κ1) is 55.6. The number of thiophene rings is 1. The Kier molecular flexibility index (Phi) is 18.3. The summed E-state index contributed by atoms with van der Waals surface area (Å²) in [7, 11) is 0. The molecular weight excluding hydrogens is 971 g/mol. The summed E-state index contributed by atoms with van der Waals surface area (Å²) in [5, 5.41) is 32.0. The van der Waals surface area contributed by atoms with E-state index in [0.29, 0.717) is 71.7 Å². The second-order valence-electron chi connectivity index (χ2n) is 19.4. The molecule has 0 saturated heterocycles. The average molecular weight is 1040 g/mol. The van der Waals surface area contributed by atoms with Gasteiger partial charge >= 0.3 is 18.1 Å². The third kappa shape index (κ3) is 14.1. The number of ether oxygens (including phenoxy) is 2. The van der Waals surface area contributed by atoms with Crippen molar-refractivity contribution in [1.29, 1.82) is 10.8 Å². The van der Waals surface area contributed by atoms with Gasteiger partial charge in [0.15, 0.2) is 0 Å². The number of carbonyl (C=O) groups excluding carboxylic acids is 8. The first-order valence-corrected chi connectivity index (χ1v) is 25.3. The molecule has 6 rings (SSSR count). The van der Waals surface area contributed by atoms with Crippen molar-refractivity contribution in [1.82, 2.24) is 20.9 Å². The maximum Gasteiger partial charge on any atom is 0.411 e. The molecule has 1 saturated carbocycles. The standard InChI is InChI=1S/C52H65N11O10S/c1-30-31(2)74-46-42(30)43(60-38(44(54)63(46)32(3)53)28-41(66)73-51(4,5)6)34-15-19-36(20-16-34)59-50(71)72-29-33-13-17-35(18-14-33)58-45(67)37(12-10-26-57-49(55)70)61-48(69)52(23-11-24-52)47(68)56-25-8-7-9-27-62-39(64)21-22-40(62)65/h13-22,37-38,53-54H,7-12,23-29H2,1-6H3,(H,56,68)(H,58,67)(H,59,71)(H,61,69)(H3,55,57,70)/t37-,38-/m0/s1. The first-order chi connectivity index (χ1) is 35.1. The number of hydrogen-bond donors (Lipinski definition) is 8. The molecule has 0 radical (unpaired) electrons. The zero-order chi connectivity index (χ0) is 53.9. The van der Waals surface area contributed by atoms with Gasteiger partial charge in [-0.05, 0) is 122 Å². The summed E-state index contributed by atoms with van der Waals surface area (Å²) in [6, 6.07) is 10.7. The summed E-state index contributed by atoms with van der Waals surface area (Å²) < 4.78 is 11.1. The molecule has 1 aromatic heterocycles. The van der Waals surface area contributed by atoms with Gasteiger partial charge in [-0.2, -0.15) is 0 Å². The minimum Gasteiger partial charge on any atom is -0.460 e. The van der Waals surface area contributed by atoms with Gasteiger partial charge in [-0.3, -0.25) is 59.7 Å². The second kappa shape index (κ2) is 24.3. The van der Waals surface area contributed by atoms with Crippen LogP contribution in [-0.2, 0) is 44.8 Å². The van der Waals surface area contributed by atoms with E-state index < -0.39 is 58.9 Å². The van der Waals surface area contributed by atoms with Crippen molar-refractivity contribution >= 4 is 92.7 Å². The van der Waals surface area contributed by atoms with Crippen LogP contribution in [0.5, 0.6) is 0 Å². The molecule has 394 valence electrons. The first-order valence-electron chi connectivity index (χ1n) is 24.5. The number of urea groups is 1. The van der Waals surface area contributed by atoms with E-state index >= 15 is 0 Å². The molecule has 2 aromatic carbocycles. The third-order valence-electron chi connectivity index (χ3n) is 12.7. The molecule has 2 atom stereocenters. The van der Waals surface area contributed by atoms with Crippen LogP contribution in [0.1, 0.15) is 113 Å². The predicted molar refractivity (Wildman–Crippen MR) is 280 cm³/mol. The lowest BCUT2D eigenvalue weighted by molar-refractivity contribution is -0.155. The average Bonchev–Trinajstić information content (AvgIpc) is 3.75. The maximum atomic E-state index is 13.8. The van der Waals surface area contributed by atoms with Crippen LogP contribution in [-0.4, -0.2) is 107 Å². The van der Waals surface area contributed by atoms with Crippen molar-refractivity contribution in [2.24, 2.45) is 16.1 Å². The Hall–Kier alpha value is -7.75. The minimum absolute atomic E-state index is 0.0185. The smallest absolute Gasteiger partial charge is 0.411 e. The van der Waals surface area contributed by atoms with Crippen molar-refractivity contribution in [3.05, 3.63) is 87.8 Å². The molecule has 22 heteroatoms. The molecule has 8 amide bonds. The van der Waals surface area contributed by atoms with Crippen LogP contribution < -0.4 is 37.2 Å². The number of anilines is 3. The molecule has 0 bridgehead atoms. The minimum atomic E-state index is -1.36. The molecule has 1 aliphatic carbocycles. The van der Waals surface area contributed by atoms with Gasteiger partial charge in [-0.25, -0.2) is 9.59 Å². The molecule has 3 aliphatic rings. The topological polar surface area (TPSA) is 308 Å². The van der Waals surface area contributed by atoms with Crippen LogP contribution in [0.3, 0.4) is 0 Å². The van der Waals surface area contributed by atoms with E-state index in [2.05, 4.69) is 26.6 Å². The number of aliphatic imine (C=N–C) groups is 1. The van der Waals surface area contributed by atoms with E-state index in [1.165, 1.54) is 28.4 Å². The summed E-state index contributed by atoms with van der Waals surface area (Å²) in [5.74, 6) is -2.71. The van der Waals surface area contributed by atoms with Crippen molar-refractivity contribution in [2.45, 2.75) is 124 Å². The highest BCUT2D eigenvalue weighted by Gasteiger charge is 2.51. The Morgan fingerprint density at radius 1 is 0.878 bits per heavy atom. The van der Waals surface area contributed by atoms with Crippen LogP contribution in [0.2, 0.25) is 0 Å². The van der Waals surface area contributed by atoms with E-state index in [1.54, 1.807) is 76.2 Å². The molecule has 74 heavy (non-hydrogen) atoms. The lowest BCUT2D eigenvalue weighted by Crippen LogP contribution is -2.58. The number of esters is 1. The lowest BCUT2D eigenvalue weighted by Gasteiger charge is -2.39. The van der Waals surface area contributed by atoms with Gasteiger partial charge in [0, 0.05) is 59.2 Å². The Balaban J connectivity index is 1.03. The SMILES string of the molecule is CC(=N)N1C(=N)[C@H](CC(=O)OC(C)(C)C)N=C(c2ccc(NC(=O)OCc3ccc(NC(=O)[C@H](CCCNC(N)=O)NC(=O)C4(C(=O)NCCCCCN5C(=O)C=CC5=O)CCC4)cc3)cc2)c2c1sc(C)c2C. The quantitative estimate of drug-likeness (QED) is 0.0151. The fourth-order valence-corrected chi connectivity index (χ4v) is 9.74. The Morgan fingerprint density at radius 3 is 2.12 bits per heavy atom. The van der Waals surface area contributed by atoms with Gasteiger partial charge in [0.2, 0.25) is 17.7 Å². The number of unbranched alkanes of at least 4 members (excludes halogenated alkanes) is 2. The molecule has 3 heterocycles. The summed E-state index contributed by atoms with van der Waals surface area (Å²) in [5.41, 5.74) is 7.40. The largest absolute Gasteiger partial charge is 0.460 e. The highest BCUT2D eigenvalue weighted by atomic mass is 32.1. The predicted octanol–water partition coefficient (Wildman–Crippen LogP) is 6.10. The summed E-state index contributed by atoms with van der Waals surface area (Å²) in [4.78, 5) is 110. The lowest BCUT2D eigenvalue weighted by atomic mass is 9.67. The van der Waals surface area contributed by atoms with Gasteiger partial charge in [0.05, 0.1) is 12.1 Å². The van der Waals surface area contributed by atoms with Gasteiger partial charge in [-0.15, -0.1) is 11.3 Å². The zero-order valence-electron chi connectivity index (χ0n) is 42.5. The van der Waals surface area contributed by atoms with E-state index in [-0.39, 0.29) is 69.0 Å². The molecule has 2 aliphatic heterocycles. The van der Waals surface area contributed by atoms with Crippen LogP contribution in [0.15, 0.2) is 65.7 Å². The molecule has 21 nitrogen and oxygen atoms in total. The second-order valence-corrected chi connectivity index (χ2v) is 20.6. The summed E-state index contributed by atoms with van der Waals surface area (Å²) in [6.07, 6.45) is 4.94. The zero-order valence-corrected chi connectivity index (χ0v) is 43.3. The van der Waals surface area contributed by atoms with E-state index in [0.717, 1.165) is 20.9 Å². The summed E-state index contributed by atoms with van der Waals surface area (Å²) >= 11 is 1.44. The number of hydrogen-bond acceptors (Lipinski definition) is 14. The number of nitrogens with one attached hydrogen (secondary N) is 7. The van der Waals surface area contributed by atoms with Crippen LogP contribution >= 0.6 is 11.3 Å². The number of rotatable bonds is 21. The Labute approximate surface area is 433 Å². The highest BCUT2D eigenvalue weighted by Crippen LogP contribution is 2.42. The number of nitrogens with two attached hydrogens (primary N) is 1. The highest BCUT2D eigenvalue weighted by molar-refractivity contribution is 7.17. The van der Waals surface area contributed by atoms with Crippen LogP contribution in [0.25, 0.3) is 0 Å². The van der Waals surface area contributed by atoms with Gasteiger partial charge in [0.25, 0.3) is 11.8 Å². The number of aryl methyl sites for hydroxylation is 1. The van der Waals surface area contributed by atoms with E-state index in [4.69, 9.17) is 31.0 Å². The summed E-state index contributed by atoms with van der Waals surface area (Å²) in [6.45, 7) is 11.4. The molecule has 0 unspecified atom stereocenters. The van der Waals surface area contributed by atoms with Crippen LogP contribution in [0, 0.1) is 30.1 Å². The molecule has 0 spiro atoms. The van der Waals surface area contributed by atoms with Gasteiger partial charge in [-0.1, -0.05) is 30.7 Å². The maximum absolute atomic E-state index is 13.8. The number of amidine groups is 2. The number of carbonyl (C=O) groups is 8. The molecule has 9 N–H and O–H groups in total. The Morgan fingerprint density at radius 2 is 1.51 bits per heavy atom.